The minimum atomic E-state index is -0.333. The van der Waals surface area contributed by atoms with Crippen molar-refractivity contribution < 1.29 is 19.0 Å². The highest BCUT2D eigenvalue weighted by atomic mass is 35.5. The van der Waals surface area contributed by atoms with Gasteiger partial charge in [-0.05, 0) is 23.8 Å². The van der Waals surface area contributed by atoms with Crippen molar-refractivity contribution in [2.75, 3.05) is 26.6 Å². The molecular formula is C18H17Cl2NO4. The zero-order valence-corrected chi connectivity index (χ0v) is 15.4. The van der Waals surface area contributed by atoms with Gasteiger partial charge in [0.05, 0.1) is 21.3 Å². The molecule has 0 radical (unpaired) electrons. The first-order valence-corrected chi connectivity index (χ1v) is 7.98. The molecular weight excluding hydrogens is 365 g/mol. The molecule has 1 N–H and O–H groups in total. The maximum Gasteiger partial charge on any atom is 0.248 e. The molecule has 0 heterocycles. The van der Waals surface area contributed by atoms with Gasteiger partial charge in [-0.1, -0.05) is 29.3 Å². The lowest BCUT2D eigenvalue weighted by Crippen LogP contribution is -2.08. The van der Waals surface area contributed by atoms with E-state index in [2.05, 4.69) is 5.32 Å². The second kappa shape index (κ2) is 8.65. The molecule has 0 aromatic heterocycles. The highest BCUT2D eigenvalue weighted by molar-refractivity contribution is 6.35. The number of methoxy groups -OCH3 is 3. The van der Waals surface area contributed by atoms with Gasteiger partial charge in [-0.3, -0.25) is 4.79 Å². The number of rotatable bonds is 6. The fraction of sp³-hybridized carbons (Fsp3) is 0.167. The van der Waals surface area contributed by atoms with E-state index in [0.717, 1.165) is 0 Å². The maximum atomic E-state index is 12.1. The lowest BCUT2D eigenvalue weighted by Gasteiger charge is -2.14. The summed E-state index contributed by atoms with van der Waals surface area (Å²) in [7, 11) is 4.52. The van der Waals surface area contributed by atoms with Crippen molar-refractivity contribution in [1.82, 2.24) is 0 Å². The van der Waals surface area contributed by atoms with Crippen molar-refractivity contribution >= 4 is 40.9 Å². The Bertz CT molecular complexity index is 781. The summed E-state index contributed by atoms with van der Waals surface area (Å²) in [6.07, 6.45) is 2.98. The summed E-state index contributed by atoms with van der Waals surface area (Å²) in [5, 5.41) is 3.73. The van der Waals surface area contributed by atoms with Crippen LogP contribution in [0.15, 0.2) is 36.4 Å². The van der Waals surface area contributed by atoms with Crippen LogP contribution in [0.5, 0.6) is 17.2 Å². The van der Waals surface area contributed by atoms with Crippen LogP contribution in [0, 0.1) is 0 Å². The lowest BCUT2D eigenvalue weighted by atomic mass is 10.2. The first-order chi connectivity index (χ1) is 12.0. The fourth-order valence-electron chi connectivity index (χ4n) is 2.14. The molecule has 2 rings (SSSR count). The highest BCUT2D eigenvalue weighted by Gasteiger charge is 2.13. The second-order valence-corrected chi connectivity index (χ2v) is 5.75. The highest BCUT2D eigenvalue weighted by Crippen LogP contribution is 2.39. The summed E-state index contributed by atoms with van der Waals surface area (Å²) in [5.74, 6) is 1.01. The average molecular weight is 382 g/mol. The van der Waals surface area contributed by atoms with Gasteiger partial charge in [0.2, 0.25) is 11.7 Å². The molecule has 0 aliphatic carbocycles. The van der Waals surface area contributed by atoms with Gasteiger partial charge >= 0.3 is 0 Å². The van der Waals surface area contributed by atoms with E-state index < -0.39 is 0 Å². The number of halogens is 2. The van der Waals surface area contributed by atoms with Gasteiger partial charge in [-0.2, -0.15) is 0 Å². The number of amides is 1. The Kier molecular flexibility index (Phi) is 6.56. The summed E-state index contributed by atoms with van der Waals surface area (Å²) in [4.78, 5) is 12.1. The molecule has 0 spiro atoms. The number of hydrogen-bond donors (Lipinski definition) is 1. The molecule has 0 unspecified atom stereocenters. The summed E-state index contributed by atoms with van der Waals surface area (Å²) in [6, 6.07) is 8.32. The van der Waals surface area contributed by atoms with Crippen LogP contribution in [0.3, 0.4) is 0 Å². The molecule has 25 heavy (non-hydrogen) atoms. The van der Waals surface area contributed by atoms with Crippen molar-refractivity contribution in [2.24, 2.45) is 0 Å². The van der Waals surface area contributed by atoms with Crippen LogP contribution in [0.25, 0.3) is 6.08 Å². The summed E-state index contributed by atoms with van der Waals surface area (Å²) in [5.41, 5.74) is 1.19. The quantitative estimate of drug-likeness (QED) is 0.738. The van der Waals surface area contributed by atoms with Crippen LogP contribution in [0.1, 0.15) is 5.56 Å². The summed E-state index contributed by atoms with van der Waals surface area (Å²) >= 11 is 11.9. The van der Waals surface area contributed by atoms with Crippen LogP contribution in [-0.2, 0) is 4.79 Å². The smallest absolute Gasteiger partial charge is 0.248 e. The largest absolute Gasteiger partial charge is 0.493 e. The van der Waals surface area contributed by atoms with E-state index in [-0.39, 0.29) is 5.91 Å². The SMILES string of the molecule is COc1cc(NC(=O)C=Cc2ccc(Cl)cc2Cl)cc(OC)c1OC. The Morgan fingerprint density at radius 1 is 1.00 bits per heavy atom. The molecule has 1 amide bonds. The van der Waals surface area contributed by atoms with Gasteiger partial charge in [-0.15, -0.1) is 0 Å². The van der Waals surface area contributed by atoms with E-state index in [0.29, 0.717) is 38.5 Å². The summed E-state index contributed by atoms with van der Waals surface area (Å²) < 4.78 is 15.8. The molecule has 0 aliphatic rings. The van der Waals surface area contributed by atoms with Gasteiger partial charge in [0.15, 0.2) is 11.5 Å². The standard InChI is InChI=1S/C18H17Cl2NO4/c1-23-15-9-13(10-16(24-2)18(15)25-3)21-17(22)7-5-11-4-6-12(19)8-14(11)20/h4-10H,1-3H3,(H,21,22). The summed E-state index contributed by atoms with van der Waals surface area (Å²) in [6.45, 7) is 0. The van der Waals surface area contributed by atoms with E-state index in [1.54, 1.807) is 36.4 Å². The molecule has 0 atom stereocenters. The van der Waals surface area contributed by atoms with Crippen molar-refractivity contribution in [3.05, 3.63) is 52.0 Å². The number of carbonyl (C=O) groups excluding carboxylic acids is 1. The molecule has 7 heteroatoms. The Labute approximate surface area is 156 Å². The van der Waals surface area contributed by atoms with E-state index in [1.165, 1.54) is 27.4 Å². The normalized spacial score (nSPS) is 10.6. The van der Waals surface area contributed by atoms with Gasteiger partial charge in [0.25, 0.3) is 0 Å². The monoisotopic (exact) mass is 381 g/mol. The molecule has 0 aliphatic heterocycles. The molecule has 2 aromatic carbocycles. The second-order valence-electron chi connectivity index (χ2n) is 4.90. The molecule has 0 fully saturated rings. The fourth-order valence-corrected chi connectivity index (χ4v) is 2.61. The van der Waals surface area contributed by atoms with Crippen LogP contribution in [-0.4, -0.2) is 27.2 Å². The number of hydrogen-bond acceptors (Lipinski definition) is 4. The van der Waals surface area contributed by atoms with Crippen LogP contribution in [0.2, 0.25) is 10.0 Å². The third-order valence-corrected chi connectivity index (χ3v) is 3.87. The van der Waals surface area contributed by atoms with Gasteiger partial charge in [-0.25, -0.2) is 0 Å². The predicted molar refractivity (Wildman–Crippen MR) is 100 cm³/mol. The van der Waals surface area contributed by atoms with E-state index in [4.69, 9.17) is 37.4 Å². The zero-order valence-electron chi connectivity index (χ0n) is 13.9. The average Bonchev–Trinajstić information content (AvgIpc) is 2.60. The first-order valence-electron chi connectivity index (χ1n) is 7.22. The first kappa shape index (κ1) is 19.0. The van der Waals surface area contributed by atoms with E-state index >= 15 is 0 Å². The van der Waals surface area contributed by atoms with E-state index in [1.807, 2.05) is 0 Å². The molecule has 0 saturated carbocycles. The van der Waals surface area contributed by atoms with Gasteiger partial charge in [0.1, 0.15) is 0 Å². The number of benzene rings is 2. The third-order valence-electron chi connectivity index (χ3n) is 3.31. The Morgan fingerprint density at radius 2 is 1.64 bits per heavy atom. The van der Waals surface area contributed by atoms with Crippen molar-refractivity contribution in [3.8, 4) is 17.2 Å². The Hall–Kier alpha value is -2.37. The molecule has 0 bridgehead atoms. The van der Waals surface area contributed by atoms with Gasteiger partial charge < -0.3 is 19.5 Å². The van der Waals surface area contributed by atoms with Crippen LogP contribution < -0.4 is 19.5 Å². The molecule has 132 valence electrons. The van der Waals surface area contributed by atoms with Crippen LogP contribution >= 0.6 is 23.2 Å². The molecule has 0 saturated heterocycles. The zero-order chi connectivity index (χ0) is 18.4. The van der Waals surface area contributed by atoms with Gasteiger partial charge in [0, 0.05) is 33.9 Å². The third kappa shape index (κ3) is 4.81. The van der Waals surface area contributed by atoms with Crippen molar-refractivity contribution in [3.63, 3.8) is 0 Å². The van der Waals surface area contributed by atoms with E-state index in [9.17, 15) is 4.79 Å². The minimum Gasteiger partial charge on any atom is -0.493 e. The number of nitrogens with one attached hydrogen (secondary N) is 1. The lowest BCUT2D eigenvalue weighted by molar-refractivity contribution is -0.111. The number of anilines is 1. The topological polar surface area (TPSA) is 56.8 Å². The maximum absolute atomic E-state index is 12.1. The number of ether oxygens (including phenoxy) is 3. The molecule has 2 aromatic rings. The molecule has 5 nitrogen and oxygen atoms in total. The van der Waals surface area contributed by atoms with Crippen molar-refractivity contribution in [2.45, 2.75) is 0 Å². The minimum absolute atomic E-state index is 0.333. The Morgan fingerprint density at radius 3 is 2.16 bits per heavy atom. The predicted octanol–water partition coefficient (Wildman–Crippen LogP) is 4.67. The number of carbonyl (C=O) groups is 1. The van der Waals surface area contributed by atoms with Crippen LogP contribution in [0.4, 0.5) is 5.69 Å². The Balaban J connectivity index is 2.18. The van der Waals surface area contributed by atoms with Crippen molar-refractivity contribution in [1.29, 1.82) is 0 Å².